The second-order valence-electron chi connectivity index (χ2n) is 6.84. The number of hydrogen-bond acceptors (Lipinski definition) is 4. The molecule has 27 heavy (non-hydrogen) atoms. The van der Waals surface area contributed by atoms with Crippen LogP contribution in [0.2, 0.25) is 10.0 Å². The second-order valence-corrected chi connectivity index (χ2v) is 7.71. The summed E-state index contributed by atoms with van der Waals surface area (Å²) >= 11 is 12.2. The van der Waals surface area contributed by atoms with E-state index >= 15 is 0 Å². The van der Waals surface area contributed by atoms with Crippen LogP contribution in [0.15, 0.2) is 57.6 Å². The third kappa shape index (κ3) is 3.25. The van der Waals surface area contributed by atoms with E-state index in [4.69, 9.17) is 42.2 Å². The van der Waals surface area contributed by atoms with Crippen LogP contribution >= 0.6 is 23.2 Å². The van der Waals surface area contributed by atoms with Crippen molar-refractivity contribution in [2.45, 2.75) is 25.0 Å². The Labute approximate surface area is 164 Å². The summed E-state index contributed by atoms with van der Waals surface area (Å²) in [6.07, 6.45) is 2.70. The zero-order valence-electron chi connectivity index (χ0n) is 14.2. The summed E-state index contributed by atoms with van der Waals surface area (Å²) in [5.41, 5.74) is 3.49. The van der Waals surface area contributed by atoms with E-state index in [1.54, 1.807) is 18.4 Å². The number of benzene rings is 2. The van der Waals surface area contributed by atoms with Crippen molar-refractivity contribution in [3.05, 3.63) is 75.5 Å². The van der Waals surface area contributed by atoms with Crippen LogP contribution in [0.3, 0.4) is 0 Å². The van der Waals surface area contributed by atoms with Gasteiger partial charge in [0.15, 0.2) is 0 Å². The van der Waals surface area contributed by atoms with Crippen molar-refractivity contribution in [3.8, 4) is 0 Å². The van der Waals surface area contributed by atoms with Gasteiger partial charge in [-0.3, -0.25) is 5.41 Å². The van der Waals surface area contributed by atoms with Gasteiger partial charge < -0.3 is 13.6 Å². The largest absolute Gasteiger partial charge is 0.464 e. The van der Waals surface area contributed by atoms with E-state index in [9.17, 15) is 0 Å². The summed E-state index contributed by atoms with van der Waals surface area (Å²) in [5.74, 6) is 0.303. The quantitative estimate of drug-likeness (QED) is 0.455. The fourth-order valence-corrected chi connectivity index (χ4v) is 4.07. The maximum Gasteiger partial charge on any atom is 0.212 e. The molecule has 5 rings (SSSR count). The van der Waals surface area contributed by atoms with Gasteiger partial charge in [0.2, 0.25) is 5.55 Å². The Hall–Kier alpha value is -2.27. The lowest BCUT2D eigenvalue weighted by Gasteiger charge is -2.08. The molecule has 2 aromatic carbocycles. The predicted octanol–water partition coefficient (Wildman–Crippen LogP) is 6.04. The highest BCUT2D eigenvalue weighted by Crippen LogP contribution is 2.45. The summed E-state index contributed by atoms with van der Waals surface area (Å²) < 4.78 is 17.1. The lowest BCUT2D eigenvalue weighted by atomic mass is 10.1. The van der Waals surface area contributed by atoms with Crippen molar-refractivity contribution in [1.29, 1.82) is 5.41 Å². The Kier molecular flexibility index (Phi) is 4.01. The number of halogens is 2. The molecular formula is C21H15Cl2NO3. The first kappa shape index (κ1) is 16.9. The minimum atomic E-state index is 0.0981. The molecule has 1 unspecified atom stereocenters. The molecule has 4 aromatic rings. The molecule has 0 saturated heterocycles. The molecule has 2 heterocycles. The Morgan fingerprint density at radius 3 is 2.67 bits per heavy atom. The highest BCUT2D eigenvalue weighted by molar-refractivity contribution is 6.34. The molecule has 1 N–H and O–H groups in total. The molecule has 6 heteroatoms. The van der Waals surface area contributed by atoms with Gasteiger partial charge >= 0.3 is 0 Å². The smallest absolute Gasteiger partial charge is 0.212 e. The zero-order chi connectivity index (χ0) is 18.5. The van der Waals surface area contributed by atoms with Gasteiger partial charge in [-0.25, -0.2) is 0 Å². The minimum Gasteiger partial charge on any atom is -0.464 e. The summed E-state index contributed by atoms with van der Waals surface area (Å²) in [6.45, 7) is 0.414. The van der Waals surface area contributed by atoms with Gasteiger partial charge in [0.25, 0.3) is 0 Å². The average molecular weight is 400 g/mol. The van der Waals surface area contributed by atoms with Crippen LogP contribution < -0.4 is 5.55 Å². The number of fused-ring (bicyclic) bond motifs is 2. The first-order chi connectivity index (χ1) is 13.1. The van der Waals surface area contributed by atoms with Gasteiger partial charge in [0.05, 0.1) is 19.0 Å². The number of rotatable bonds is 4. The summed E-state index contributed by atoms with van der Waals surface area (Å²) in [4.78, 5) is 0. The molecule has 0 amide bonds. The van der Waals surface area contributed by atoms with Crippen LogP contribution in [-0.4, -0.2) is 6.10 Å². The van der Waals surface area contributed by atoms with Gasteiger partial charge in [0, 0.05) is 38.9 Å². The molecule has 4 nitrogen and oxygen atoms in total. The molecule has 1 aliphatic carbocycles. The van der Waals surface area contributed by atoms with Crippen molar-refractivity contribution in [1.82, 2.24) is 0 Å². The lowest BCUT2D eigenvalue weighted by molar-refractivity contribution is 0.102. The van der Waals surface area contributed by atoms with E-state index in [1.165, 1.54) is 0 Å². The summed E-state index contributed by atoms with van der Waals surface area (Å²) in [5, 5.41) is 11.1. The van der Waals surface area contributed by atoms with Crippen LogP contribution in [0.25, 0.3) is 21.9 Å². The SMILES string of the molecule is N=c1cc(COC2C[C@@H]2c2cc(Cl)cc(Cl)c2)c2cc3ccoc3cc2o1. The van der Waals surface area contributed by atoms with Crippen LogP contribution in [0.5, 0.6) is 0 Å². The summed E-state index contributed by atoms with van der Waals surface area (Å²) in [7, 11) is 0. The van der Waals surface area contributed by atoms with Crippen molar-refractivity contribution in [2.75, 3.05) is 0 Å². The van der Waals surface area contributed by atoms with Crippen molar-refractivity contribution in [3.63, 3.8) is 0 Å². The van der Waals surface area contributed by atoms with Crippen LogP contribution in [0.1, 0.15) is 23.5 Å². The Balaban J connectivity index is 1.40. The van der Waals surface area contributed by atoms with E-state index in [0.29, 0.717) is 28.2 Å². The molecule has 0 aliphatic heterocycles. The summed E-state index contributed by atoms with van der Waals surface area (Å²) in [6, 6.07) is 13.1. The maximum absolute atomic E-state index is 7.93. The van der Waals surface area contributed by atoms with E-state index in [-0.39, 0.29) is 11.7 Å². The van der Waals surface area contributed by atoms with E-state index < -0.39 is 0 Å². The second kappa shape index (κ2) is 6.41. The molecule has 136 valence electrons. The number of nitrogens with one attached hydrogen (secondary N) is 1. The van der Waals surface area contributed by atoms with Gasteiger partial charge in [-0.05, 0) is 47.9 Å². The van der Waals surface area contributed by atoms with Crippen molar-refractivity contribution < 1.29 is 13.6 Å². The Bertz CT molecular complexity index is 1210. The predicted molar refractivity (Wildman–Crippen MR) is 104 cm³/mol. The fraction of sp³-hybridized carbons (Fsp3) is 0.190. The standard InChI is InChI=1S/C21H15Cl2NO3/c22-14-3-12(4-15(23)7-14)17-8-19(17)26-10-13-6-21(24)27-20-9-18-11(1-2-25-18)5-16(13)20/h1-7,9,17,19,24H,8,10H2/t17-,19?/m1/s1. The molecular weight excluding hydrogens is 385 g/mol. The zero-order valence-corrected chi connectivity index (χ0v) is 15.7. The van der Waals surface area contributed by atoms with Crippen molar-refractivity contribution >= 4 is 45.1 Å². The number of furan rings is 1. The Morgan fingerprint density at radius 1 is 1.04 bits per heavy atom. The molecule has 1 aliphatic rings. The van der Waals surface area contributed by atoms with Gasteiger partial charge in [-0.15, -0.1) is 0 Å². The van der Waals surface area contributed by atoms with Gasteiger partial charge in [-0.1, -0.05) is 23.2 Å². The molecule has 1 saturated carbocycles. The van der Waals surface area contributed by atoms with Crippen LogP contribution in [0, 0.1) is 5.41 Å². The van der Waals surface area contributed by atoms with Gasteiger partial charge in [-0.2, -0.15) is 0 Å². The normalized spacial score (nSPS) is 19.0. The minimum absolute atomic E-state index is 0.0981. The third-order valence-corrected chi connectivity index (χ3v) is 5.36. The first-order valence-corrected chi connectivity index (χ1v) is 9.38. The fourth-order valence-electron chi connectivity index (χ4n) is 3.52. The molecule has 0 radical (unpaired) electrons. The highest BCUT2D eigenvalue weighted by Gasteiger charge is 2.39. The third-order valence-electron chi connectivity index (χ3n) is 4.92. The average Bonchev–Trinajstić information content (AvgIpc) is 3.25. The van der Waals surface area contributed by atoms with E-state index in [2.05, 4.69) is 0 Å². The highest BCUT2D eigenvalue weighted by atomic mass is 35.5. The number of hydrogen-bond donors (Lipinski definition) is 1. The monoisotopic (exact) mass is 399 g/mol. The lowest BCUT2D eigenvalue weighted by Crippen LogP contribution is -2.04. The van der Waals surface area contributed by atoms with Crippen LogP contribution in [0.4, 0.5) is 0 Å². The topological polar surface area (TPSA) is 59.4 Å². The first-order valence-electron chi connectivity index (χ1n) is 8.63. The number of ether oxygens (including phenoxy) is 1. The molecule has 0 spiro atoms. The van der Waals surface area contributed by atoms with E-state index in [0.717, 1.165) is 33.9 Å². The molecule has 2 aromatic heterocycles. The van der Waals surface area contributed by atoms with Gasteiger partial charge in [0.1, 0.15) is 11.2 Å². The molecule has 1 fully saturated rings. The molecule has 2 atom stereocenters. The van der Waals surface area contributed by atoms with E-state index in [1.807, 2.05) is 30.3 Å². The maximum atomic E-state index is 7.93. The molecule has 0 bridgehead atoms. The van der Waals surface area contributed by atoms with Crippen LogP contribution in [-0.2, 0) is 11.3 Å². The van der Waals surface area contributed by atoms with Crippen molar-refractivity contribution in [2.24, 2.45) is 0 Å². The Morgan fingerprint density at radius 2 is 1.85 bits per heavy atom.